The minimum Gasteiger partial charge on any atom is -0.398 e. The van der Waals surface area contributed by atoms with Crippen LogP contribution in [-0.4, -0.2) is 17.6 Å². The van der Waals surface area contributed by atoms with Gasteiger partial charge >= 0.3 is 0 Å². The highest BCUT2D eigenvalue weighted by Crippen LogP contribution is 2.35. The Bertz CT molecular complexity index is 612. The van der Waals surface area contributed by atoms with Crippen LogP contribution in [0.2, 0.25) is 0 Å². The molecule has 0 amide bonds. The van der Waals surface area contributed by atoms with Crippen LogP contribution in [0.4, 0.5) is 15.8 Å². The number of benzene rings is 1. The van der Waals surface area contributed by atoms with Gasteiger partial charge in [-0.25, -0.2) is 4.39 Å². The van der Waals surface area contributed by atoms with E-state index in [4.69, 9.17) is 5.73 Å². The van der Waals surface area contributed by atoms with Crippen LogP contribution >= 0.6 is 0 Å². The molecule has 1 aromatic heterocycles. The molecule has 0 spiro atoms. The fourth-order valence-corrected chi connectivity index (χ4v) is 2.93. The molecule has 1 aliphatic heterocycles. The summed E-state index contributed by atoms with van der Waals surface area (Å²) < 4.78 is 14.4. The largest absolute Gasteiger partial charge is 0.398 e. The molecule has 1 aliphatic rings. The molecule has 2 N–H and O–H groups in total. The molecule has 1 saturated heterocycles. The molecule has 1 atom stereocenters. The Morgan fingerprint density at radius 2 is 2.26 bits per heavy atom. The highest BCUT2D eigenvalue weighted by atomic mass is 19.1. The van der Waals surface area contributed by atoms with E-state index >= 15 is 0 Å². The van der Waals surface area contributed by atoms with E-state index < -0.39 is 0 Å². The van der Waals surface area contributed by atoms with Crippen molar-refractivity contribution in [2.45, 2.75) is 32.2 Å². The van der Waals surface area contributed by atoms with E-state index in [2.05, 4.69) is 16.8 Å². The third-order valence-corrected chi connectivity index (χ3v) is 3.94. The maximum Gasteiger partial charge on any atom is 0.150 e. The molecule has 4 heteroatoms. The molecule has 0 saturated carbocycles. The van der Waals surface area contributed by atoms with Crippen molar-refractivity contribution < 1.29 is 4.39 Å². The molecule has 0 aliphatic carbocycles. The van der Waals surface area contributed by atoms with Crippen LogP contribution in [0.3, 0.4) is 0 Å². The lowest BCUT2D eigenvalue weighted by Crippen LogP contribution is -2.38. The van der Waals surface area contributed by atoms with Gasteiger partial charge in [0.2, 0.25) is 0 Å². The van der Waals surface area contributed by atoms with Gasteiger partial charge in [0.15, 0.2) is 5.82 Å². The number of pyridine rings is 1. The summed E-state index contributed by atoms with van der Waals surface area (Å²) in [6.07, 6.45) is 5.10. The second-order valence-corrected chi connectivity index (χ2v) is 5.23. The standard InChI is InChI=1S/C15H18FN3/c1-10-5-2-3-8-19(10)15-12(16)9-13(17)11-6-4-7-18-14(11)15/h4,6-7,9-10H,2-3,5,8,17H2,1H3. The number of hydrogen-bond acceptors (Lipinski definition) is 3. The van der Waals surface area contributed by atoms with Gasteiger partial charge in [-0.15, -0.1) is 0 Å². The molecule has 1 unspecified atom stereocenters. The summed E-state index contributed by atoms with van der Waals surface area (Å²) in [7, 11) is 0. The van der Waals surface area contributed by atoms with Crippen molar-refractivity contribution in [2.75, 3.05) is 17.2 Å². The van der Waals surface area contributed by atoms with Crippen molar-refractivity contribution >= 4 is 22.3 Å². The van der Waals surface area contributed by atoms with Gasteiger partial charge < -0.3 is 10.6 Å². The first-order chi connectivity index (χ1) is 9.18. The van der Waals surface area contributed by atoms with E-state index in [9.17, 15) is 4.39 Å². The summed E-state index contributed by atoms with van der Waals surface area (Å²) in [4.78, 5) is 6.48. The number of nitrogen functional groups attached to an aromatic ring is 1. The summed E-state index contributed by atoms with van der Waals surface area (Å²) in [5.74, 6) is -0.266. The third-order valence-electron chi connectivity index (χ3n) is 3.94. The maximum atomic E-state index is 14.4. The zero-order valence-corrected chi connectivity index (χ0v) is 11.1. The number of halogens is 1. The number of fused-ring (bicyclic) bond motifs is 1. The van der Waals surface area contributed by atoms with Crippen LogP contribution in [0.5, 0.6) is 0 Å². The Balaban J connectivity index is 2.22. The van der Waals surface area contributed by atoms with Crippen LogP contribution in [0, 0.1) is 5.82 Å². The molecule has 1 fully saturated rings. The topological polar surface area (TPSA) is 42.1 Å². The summed E-state index contributed by atoms with van der Waals surface area (Å²) in [5, 5.41) is 0.830. The molecule has 0 radical (unpaired) electrons. The molecule has 2 heterocycles. The van der Waals surface area contributed by atoms with Gasteiger partial charge in [-0.1, -0.05) is 0 Å². The van der Waals surface area contributed by atoms with E-state index in [1.807, 2.05) is 12.1 Å². The number of rotatable bonds is 1. The Morgan fingerprint density at radius 1 is 1.42 bits per heavy atom. The Morgan fingerprint density at radius 3 is 3.05 bits per heavy atom. The Labute approximate surface area is 112 Å². The summed E-state index contributed by atoms with van der Waals surface area (Å²) in [5.41, 5.74) is 7.63. The van der Waals surface area contributed by atoms with Crippen molar-refractivity contribution in [1.82, 2.24) is 4.98 Å². The first-order valence-electron chi connectivity index (χ1n) is 6.78. The minimum atomic E-state index is -0.266. The lowest BCUT2D eigenvalue weighted by molar-refractivity contribution is 0.477. The van der Waals surface area contributed by atoms with Gasteiger partial charge in [0.25, 0.3) is 0 Å². The molecule has 1 aromatic carbocycles. The van der Waals surface area contributed by atoms with Crippen LogP contribution in [0.25, 0.3) is 10.9 Å². The third kappa shape index (κ3) is 2.01. The van der Waals surface area contributed by atoms with Crippen molar-refractivity contribution in [3.63, 3.8) is 0 Å². The molecule has 19 heavy (non-hydrogen) atoms. The fraction of sp³-hybridized carbons (Fsp3) is 0.400. The highest BCUT2D eigenvalue weighted by molar-refractivity contribution is 5.99. The predicted molar refractivity (Wildman–Crippen MR) is 76.8 cm³/mol. The van der Waals surface area contributed by atoms with Crippen molar-refractivity contribution in [2.24, 2.45) is 0 Å². The second-order valence-electron chi connectivity index (χ2n) is 5.23. The first kappa shape index (κ1) is 12.2. The van der Waals surface area contributed by atoms with Gasteiger partial charge in [-0.3, -0.25) is 4.98 Å². The van der Waals surface area contributed by atoms with Crippen molar-refractivity contribution in [1.29, 1.82) is 0 Å². The van der Waals surface area contributed by atoms with E-state index in [1.54, 1.807) is 6.20 Å². The molecule has 3 nitrogen and oxygen atoms in total. The van der Waals surface area contributed by atoms with Crippen molar-refractivity contribution in [3.05, 3.63) is 30.2 Å². The van der Waals surface area contributed by atoms with Gasteiger partial charge in [0, 0.05) is 29.9 Å². The normalized spacial score (nSPS) is 19.9. The molecule has 2 aromatic rings. The molecular formula is C15H18FN3. The van der Waals surface area contributed by atoms with Crippen LogP contribution < -0.4 is 10.6 Å². The lowest BCUT2D eigenvalue weighted by Gasteiger charge is -2.36. The number of aromatic nitrogens is 1. The van der Waals surface area contributed by atoms with Gasteiger partial charge in [0.05, 0.1) is 5.52 Å². The van der Waals surface area contributed by atoms with Crippen molar-refractivity contribution in [3.8, 4) is 0 Å². The quantitative estimate of drug-likeness (QED) is 0.799. The summed E-state index contributed by atoms with van der Waals surface area (Å²) >= 11 is 0. The van der Waals surface area contributed by atoms with Crippen LogP contribution in [-0.2, 0) is 0 Å². The molecule has 100 valence electrons. The van der Waals surface area contributed by atoms with Gasteiger partial charge in [-0.2, -0.15) is 0 Å². The SMILES string of the molecule is CC1CCCCN1c1c(F)cc(N)c2cccnc12. The average molecular weight is 259 g/mol. The number of nitrogens with zero attached hydrogens (tertiary/aromatic N) is 2. The lowest BCUT2D eigenvalue weighted by atomic mass is 10.0. The minimum absolute atomic E-state index is 0.266. The maximum absolute atomic E-state index is 14.4. The number of nitrogens with two attached hydrogens (primary N) is 1. The van der Waals surface area contributed by atoms with Gasteiger partial charge in [-0.05, 0) is 44.4 Å². The van der Waals surface area contributed by atoms with E-state index in [0.29, 0.717) is 22.9 Å². The number of anilines is 2. The summed E-state index contributed by atoms with van der Waals surface area (Å²) in [6, 6.07) is 5.49. The smallest absolute Gasteiger partial charge is 0.150 e. The Hall–Kier alpha value is -1.84. The van der Waals surface area contributed by atoms with Gasteiger partial charge in [0.1, 0.15) is 5.69 Å². The fourth-order valence-electron chi connectivity index (χ4n) is 2.93. The predicted octanol–water partition coefficient (Wildman–Crippen LogP) is 3.33. The van der Waals surface area contributed by atoms with E-state index in [0.717, 1.165) is 24.8 Å². The number of piperidine rings is 1. The Kier molecular flexibility index (Phi) is 3.01. The number of hydrogen-bond donors (Lipinski definition) is 1. The van der Waals surface area contributed by atoms with E-state index in [1.165, 1.54) is 12.5 Å². The second kappa shape index (κ2) is 4.68. The molecular weight excluding hydrogens is 241 g/mol. The monoisotopic (exact) mass is 259 g/mol. The highest BCUT2D eigenvalue weighted by Gasteiger charge is 2.24. The summed E-state index contributed by atoms with van der Waals surface area (Å²) in [6.45, 7) is 3.03. The van der Waals surface area contributed by atoms with E-state index in [-0.39, 0.29) is 5.82 Å². The zero-order valence-electron chi connectivity index (χ0n) is 11.1. The molecule has 0 bridgehead atoms. The van der Waals surface area contributed by atoms with Crippen LogP contribution in [0.1, 0.15) is 26.2 Å². The zero-order chi connectivity index (χ0) is 13.4. The first-order valence-corrected chi connectivity index (χ1v) is 6.78. The van der Waals surface area contributed by atoms with Crippen LogP contribution in [0.15, 0.2) is 24.4 Å². The average Bonchev–Trinajstić information content (AvgIpc) is 2.41. The molecule has 3 rings (SSSR count).